The third kappa shape index (κ3) is 3.97. The highest BCUT2D eigenvalue weighted by Crippen LogP contribution is 2.34. The predicted octanol–water partition coefficient (Wildman–Crippen LogP) is 4.56. The number of hydrogen-bond donors (Lipinski definition) is 2. The summed E-state index contributed by atoms with van der Waals surface area (Å²) in [5.41, 5.74) is 2.84. The molecule has 132 valence electrons. The summed E-state index contributed by atoms with van der Waals surface area (Å²) in [5.74, 6) is 1.38. The predicted molar refractivity (Wildman–Crippen MR) is 102 cm³/mol. The average molecular weight is 359 g/mol. The summed E-state index contributed by atoms with van der Waals surface area (Å²) in [6.45, 7) is 4.26. The van der Waals surface area contributed by atoms with Crippen molar-refractivity contribution in [1.29, 1.82) is 0 Å². The molecule has 2 N–H and O–H groups in total. The molecule has 0 saturated carbocycles. The van der Waals surface area contributed by atoms with Crippen LogP contribution in [0.3, 0.4) is 0 Å². The highest BCUT2D eigenvalue weighted by molar-refractivity contribution is 6.30. The number of aromatic hydroxyl groups is 1. The third-order valence-corrected chi connectivity index (χ3v) is 4.70. The average Bonchev–Trinajstić information content (AvgIpc) is 2.63. The number of nitrogens with one attached hydrogen (secondary N) is 1. The molecule has 0 aliphatic carbocycles. The van der Waals surface area contributed by atoms with E-state index in [0.29, 0.717) is 17.4 Å². The maximum atomic E-state index is 10.3. The molecule has 0 aromatic heterocycles. The van der Waals surface area contributed by atoms with E-state index >= 15 is 0 Å². The Labute approximate surface area is 153 Å². The van der Waals surface area contributed by atoms with Crippen LogP contribution in [0, 0.1) is 5.92 Å². The minimum absolute atomic E-state index is 0.0293. The Bertz CT molecular complexity index is 789. The summed E-state index contributed by atoms with van der Waals surface area (Å²) in [6.07, 6.45) is 0.642. The summed E-state index contributed by atoms with van der Waals surface area (Å²) in [4.78, 5) is 4.89. The van der Waals surface area contributed by atoms with E-state index in [1.807, 2.05) is 30.3 Å². The van der Waals surface area contributed by atoms with Gasteiger partial charge in [0, 0.05) is 28.8 Å². The lowest BCUT2D eigenvalue weighted by molar-refractivity contribution is 0.345. The fourth-order valence-corrected chi connectivity index (χ4v) is 3.24. The second kappa shape index (κ2) is 7.46. The molecule has 5 heteroatoms. The summed E-state index contributed by atoms with van der Waals surface area (Å²) < 4.78 is 5.34. The van der Waals surface area contributed by atoms with Gasteiger partial charge in [0.05, 0.1) is 7.11 Å². The number of benzene rings is 2. The summed E-state index contributed by atoms with van der Waals surface area (Å²) in [5, 5.41) is 14.4. The first-order chi connectivity index (χ1) is 12.0. The Morgan fingerprint density at radius 2 is 2.04 bits per heavy atom. The van der Waals surface area contributed by atoms with Gasteiger partial charge in [0.25, 0.3) is 0 Å². The number of nitrogens with zero attached hydrogens (tertiary/aromatic N) is 1. The van der Waals surface area contributed by atoms with Gasteiger partial charge in [-0.25, -0.2) is 0 Å². The second-order valence-electron chi connectivity index (χ2n) is 6.62. The first-order valence-corrected chi connectivity index (χ1v) is 8.81. The maximum absolute atomic E-state index is 10.3. The minimum atomic E-state index is -0.0511. The van der Waals surface area contributed by atoms with E-state index in [9.17, 15) is 5.11 Å². The van der Waals surface area contributed by atoms with Crippen LogP contribution in [0.2, 0.25) is 5.02 Å². The van der Waals surface area contributed by atoms with Crippen LogP contribution in [0.5, 0.6) is 11.5 Å². The molecule has 2 aromatic carbocycles. The van der Waals surface area contributed by atoms with Crippen molar-refractivity contribution in [3.8, 4) is 11.5 Å². The van der Waals surface area contributed by atoms with Crippen LogP contribution in [0.25, 0.3) is 0 Å². The number of rotatable bonds is 4. The van der Waals surface area contributed by atoms with E-state index in [0.717, 1.165) is 22.6 Å². The molecule has 1 heterocycles. The molecular formula is C20H23ClN2O2. The number of halogens is 1. The number of methoxy groups -OCH3 is 1. The van der Waals surface area contributed by atoms with Gasteiger partial charge >= 0.3 is 0 Å². The van der Waals surface area contributed by atoms with Crippen LogP contribution in [-0.2, 0) is 0 Å². The molecule has 1 aliphatic rings. The normalized spacial score (nSPS) is 20.4. The van der Waals surface area contributed by atoms with Crippen molar-refractivity contribution < 1.29 is 9.84 Å². The summed E-state index contributed by atoms with van der Waals surface area (Å²) >= 11 is 6.14. The summed E-state index contributed by atoms with van der Waals surface area (Å²) in [7, 11) is 1.66. The number of ether oxygens (including phenoxy) is 1. The zero-order valence-electron chi connectivity index (χ0n) is 14.7. The maximum Gasteiger partial charge on any atom is 0.120 e. The largest absolute Gasteiger partial charge is 0.508 e. The van der Waals surface area contributed by atoms with Crippen LogP contribution in [0.15, 0.2) is 47.5 Å². The van der Waals surface area contributed by atoms with Crippen LogP contribution < -0.4 is 10.1 Å². The third-order valence-electron chi connectivity index (χ3n) is 4.46. The number of hydrogen-bond acceptors (Lipinski definition) is 4. The Morgan fingerprint density at radius 1 is 1.24 bits per heavy atom. The van der Waals surface area contributed by atoms with Crippen LogP contribution in [-0.4, -0.2) is 24.1 Å². The molecule has 2 aromatic rings. The molecule has 0 bridgehead atoms. The van der Waals surface area contributed by atoms with Crippen molar-refractivity contribution in [2.45, 2.75) is 32.5 Å². The zero-order valence-corrected chi connectivity index (χ0v) is 15.4. The Balaban J connectivity index is 1.99. The molecular weight excluding hydrogens is 336 g/mol. The van der Waals surface area contributed by atoms with Crippen molar-refractivity contribution >= 4 is 17.3 Å². The molecule has 0 saturated heterocycles. The molecule has 2 atom stereocenters. The first kappa shape index (κ1) is 17.8. The van der Waals surface area contributed by atoms with Crippen molar-refractivity contribution in [3.05, 3.63) is 58.6 Å². The Hall–Kier alpha value is -2.04. The lowest BCUT2D eigenvalue weighted by Crippen LogP contribution is -2.41. The van der Waals surface area contributed by atoms with Gasteiger partial charge in [-0.15, -0.1) is 0 Å². The minimum Gasteiger partial charge on any atom is -0.508 e. The van der Waals surface area contributed by atoms with Crippen molar-refractivity contribution in [2.24, 2.45) is 10.9 Å². The fraction of sp³-hybridized carbons (Fsp3) is 0.350. The highest BCUT2D eigenvalue weighted by atomic mass is 35.5. The lowest BCUT2D eigenvalue weighted by Gasteiger charge is -2.32. The van der Waals surface area contributed by atoms with E-state index < -0.39 is 0 Å². The highest BCUT2D eigenvalue weighted by Gasteiger charge is 2.28. The second-order valence-corrected chi connectivity index (χ2v) is 7.06. The first-order valence-electron chi connectivity index (χ1n) is 8.43. The molecule has 0 spiro atoms. The van der Waals surface area contributed by atoms with Gasteiger partial charge < -0.3 is 9.84 Å². The van der Waals surface area contributed by atoms with Crippen LogP contribution in [0.4, 0.5) is 0 Å². The van der Waals surface area contributed by atoms with Gasteiger partial charge in [0.15, 0.2) is 0 Å². The quantitative estimate of drug-likeness (QED) is 0.842. The Morgan fingerprint density at radius 3 is 2.76 bits per heavy atom. The molecule has 0 radical (unpaired) electrons. The van der Waals surface area contributed by atoms with E-state index in [4.69, 9.17) is 21.3 Å². The molecule has 3 rings (SSSR count). The monoisotopic (exact) mass is 358 g/mol. The standard InChI is InChI=1S/C20H23ClN2O2/c1-12(2)20-22-17(13-5-4-6-15(9-13)25-3)11-18(23-20)16-10-14(21)7-8-19(16)24/h4-10,12,18,20,23-24H,11H2,1-3H3. The molecule has 0 amide bonds. The number of phenols is 1. The van der Waals surface area contributed by atoms with Gasteiger partial charge in [-0.2, -0.15) is 0 Å². The van der Waals surface area contributed by atoms with Crippen LogP contribution >= 0.6 is 11.6 Å². The van der Waals surface area contributed by atoms with Gasteiger partial charge in [-0.3, -0.25) is 10.3 Å². The van der Waals surface area contributed by atoms with Gasteiger partial charge in [-0.1, -0.05) is 37.6 Å². The molecule has 1 aliphatic heterocycles. The van der Waals surface area contributed by atoms with Gasteiger partial charge in [0.1, 0.15) is 17.7 Å². The summed E-state index contributed by atoms with van der Waals surface area (Å²) in [6, 6.07) is 13.0. The van der Waals surface area contributed by atoms with E-state index in [1.54, 1.807) is 19.2 Å². The van der Waals surface area contributed by atoms with E-state index in [1.165, 1.54) is 0 Å². The topological polar surface area (TPSA) is 53.8 Å². The van der Waals surface area contributed by atoms with E-state index in [2.05, 4.69) is 19.2 Å². The van der Waals surface area contributed by atoms with E-state index in [-0.39, 0.29) is 18.0 Å². The van der Waals surface area contributed by atoms with Crippen molar-refractivity contribution in [2.75, 3.05) is 7.11 Å². The lowest BCUT2D eigenvalue weighted by atomic mass is 9.93. The molecule has 4 nitrogen and oxygen atoms in total. The van der Waals surface area contributed by atoms with Gasteiger partial charge in [-0.05, 0) is 41.8 Å². The Kier molecular flexibility index (Phi) is 5.30. The molecule has 0 fully saturated rings. The SMILES string of the molecule is COc1cccc(C2=NC(C(C)C)NC(c3cc(Cl)ccc3O)C2)c1. The smallest absolute Gasteiger partial charge is 0.120 e. The van der Waals surface area contributed by atoms with Crippen molar-refractivity contribution in [3.63, 3.8) is 0 Å². The van der Waals surface area contributed by atoms with Crippen LogP contribution in [0.1, 0.15) is 37.4 Å². The fourth-order valence-electron chi connectivity index (χ4n) is 3.06. The number of aliphatic imine (C=N–C) groups is 1. The molecule has 25 heavy (non-hydrogen) atoms. The number of phenolic OH excluding ortho intramolecular Hbond substituents is 1. The van der Waals surface area contributed by atoms with Crippen molar-refractivity contribution in [1.82, 2.24) is 5.32 Å². The molecule has 2 unspecified atom stereocenters. The van der Waals surface area contributed by atoms with Gasteiger partial charge in [0.2, 0.25) is 0 Å². The zero-order chi connectivity index (χ0) is 18.0.